The van der Waals surface area contributed by atoms with Gasteiger partial charge in [-0.25, -0.2) is 14.8 Å². The van der Waals surface area contributed by atoms with Crippen LogP contribution in [0.5, 0.6) is 0 Å². The monoisotopic (exact) mass is 276 g/mol. The molecular formula is C13H13ClN4O. The fourth-order valence-corrected chi connectivity index (χ4v) is 1.80. The maximum atomic E-state index is 11.8. The summed E-state index contributed by atoms with van der Waals surface area (Å²) in [4.78, 5) is 20.0. The number of benzene rings is 1. The molecule has 5 nitrogen and oxygen atoms in total. The molecule has 2 aromatic rings. The molecule has 0 bridgehead atoms. The minimum Gasteiger partial charge on any atom is -0.308 e. The van der Waals surface area contributed by atoms with Gasteiger partial charge in [0.2, 0.25) is 5.95 Å². The van der Waals surface area contributed by atoms with Crippen molar-refractivity contribution in [2.45, 2.75) is 13.8 Å². The fourth-order valence-electron chi connectivity index (χ4n) is 1.61. The number of amides is 2. The van der Waals surface area contributed by atoms with Gasteiger partial charge in [0.1, 0.15) is 0 Å². The summed E-state index contributed by atoms with van der Waals surface area (Å²) in [6.07, 6.45) is 0. The van der Waals surface area contributed by atoms with Crippen molar-refractivity contribution in [2.24, 2.45) is 0 Å². The highest BCUT2D eigenvalue weighted by atomic mass is 35.5. The lowest BCUT2D eigenvalue weighted by molar-refractivity contribution is 0.262. The Hall–Kier alpha value is -2.14. The second kappa shape index (κ2) is 5.67. The van der Waals surface area contributed by atoms with Gasteiger partial charge in [0.05, 0.1) is 0 Å². The summed E-state index contributed by atoms with van der Waals surface area (Å²) >= 11 is 5.83. The van der Waals surface area contributed by atoms with Crippen molar-refractivity contribution in [1.29, 1.82) is 0 Å². The van der Waals surface area contributed by atoms with Crippen LogP contribution in [-0.4, -0.2) is 16.0 Å². The van der Waals surface area contributed by atoms with E-state index in [1.54, 1.807) is 24.3 Å². The fraction of sp³-hybridized carbons (Fsp3) is 0.154. The van der Waals surface area contributed by atoms with E-state index >= 15 is 0 Å². The third kappa shape index (κ3) is 3.93. The number of aromatic nitrogens is 2. The number of nitrogens with zero attached hydrogens (tertiary/aromatic N) is 2. The molecule has 0 saturated carbocycles. The second-order valence-electron chi connectivity index (χ2n) is 4.06. The van der Waals surface area contributed by atoms with Crippen LogP contribution in [0.1, 0.15) is 11.4 Å². The quantitative estimate of drug-likeness (QED) is 0.883. The van der Waals surface area contributed by atoms with Crippen LogP contribution in [0.25, 0.3) is 0 Å². The van der Waals surface area contributed by atoms with Crippen molar-refractivity contribution in [3.05, 3.63) is 46.7 Å². The molecule has 0 aliphatic heterocycles. The number of carbonyl (C=O) groups is 1. The molecule has 2 N–H and O–H groups in total. The summed E-state index contributed by atoms with van der Waals surface area (Å²) in [7, 11) is 0. The van der Waals surface area contributed by atoms with Gasteiger partial charge in [0, 0.05) is 22.1 Å². The van der Waals surface area contributed by atoms with E-state index in [9.17, 15) is 4.79 Å². The van der Waals surface area contributed by atoms with Gasteiger partial charge in [-0.05, 0) is 38.1 Å². The second-order valence-corrected chi connectivity index (χ2v) is 4.50. The normalized spacial score (nSPS) is 10.1. The average molecular weight is 277 g/mol. The van der Waals surface area contributed by atoms with Gasteiger partial charge < -0.3 is 5.32 Å². The van der Waals surface area contributed by atoms with Crippen LogP contribution < -0.4 is 10.6 Å². The molecule has 1 aromatic heterocycles. The molecule has 98 valence electrons. The van der Waals surface area contributed by atoms with Crippen molar-refractivity contribution in [2.75, 3.05) is 10.6 Å². The van der Waals surface area contributed by atoms with Crippen LogP contribution in [-0.2, 0) is 0 Å². The molecule has 2 rings (SSSR count). The van der Waals surface area contributed by atoms with Crippen molar-refractivity contribution < 1.29 is 4.79 Å². The minimum atomic E-state index is -0.410. The van der Waals surface area contributed by atoms with Crippen LogP contribution in [0.15, 0.2) is 30.3 Å². The molecule has 0 radical (unpaired) electrons. The summed E-state index contributed by atoms with van der Waals surface area (Å²) in [5.74, 6) is 0.275. The first kappa shape index (κ1) is 13.3. The molecule has 0 unspecified atom stereocenters. The maximum absolute atomic E-state index is 11.8. The van der Waals surface area contributed by atoms with Crippen LogP contribution in [0.4, 0.5) is 16.4 Å². The van der Waals surface area contributed by atoms with E-state index in [1.807, 2.05) is 19.9 Å². The number of urea groups is 1. The number of carbonyl (C=O) groups excluding carboxylic acids is 1. The Morgan fingerprint density at radius 1 is 1.11 bits per heavy atom. The number of hydrogen-bond acceptors (Lipinski definition) is 3. The molecule has 19 heavy (non-hydrogen) atoms. The number of anilines is 2. The Balaban J connectivity index is 2.05. The van der Waals surface area contributed by atoms with Gasteiger partial charge in [-0.15, -0.1) is 0 Å². The van der Waals surface area contributed by atoms with Gasteiger partial charge >= 0.3 is 6.03 Å². The van der Waals surface area contributed by atoms with Gasteiger partial charge in [-0.1, -0.05) is 17.7 Å². The number of rotatable bonds is 2. The lowest BCUT2D eigenvalue weighted by Gasteiger charge is -2.07. The predicted molar refractivity (Wildman–Crippen MR) is 75.6 cm³/mol. The molecule has 1 aromatic carbocycles. The first-order valence-electron chi connectivity index (χ1n) is 5.69. The number of nitrogens with one attached hydrogen (secondary N) is 2. The molecule has 0 saturated heterocycles. The van der Waals surface area contributed by atoms with Gasteiger partial charge in [-0.3, -0.25) is 5.32 Å². The molecular weight excluding hydrogens is 264 g/mol. The van der Waals surface area contributed by atoms with Crippen LogP contribution in [0.3, 0.4) is 0 Å². The lowest BCUT2D eigenvalue weighted by Crippen LogP contribution is -2.21. The van der Waals surface area contributed by atoms with E-state index in [0.717, 1.165) is 11.4 Å². The van der Waals surface area contributed by atoms with Crippen molar-refractivity contribution in [3.63, 3.8) is 0 Å². The van der Waals surface area contributed by atoms with Crippen molar-refractivity contribution >= 4 is 29.3 Å². The summed E-state index contributed by atoms with van der Waals surface area (Å²) in [6, 6.07) is 8.31. The van der Waals surface area contributed by atoms with Gasteiger partial charge in [0.25, 0.3) is 0 Å². The standard InChI is InChI=1S/C13H13ClN4O/c1-8-6-9(2)16-12(15-8)18-13(19)17-11-5-3-4-10(14)7-11/h3-7H,1-2H3,(H2,15,16,17,18,19). The van der Waals surface area contributed by atoms with Crippen molar-refractivity contribution in [1.82, 2.24) is 9.97 Å². The maximum Gasteiger partial charge on any atom is 0.326 e. The van der Waals surface area contributed by atoms with Gasteiger partial charge in [-0.2, -0.15) is 0 Å². The summed E-state index contributed by atoms with van der Waals surface area (Å²) in [5.41, 5.74) is 2.20. The number of halogens is 1. The van der Waals surface area contributed by atoms with E-state index in [4.69, 9.17) is 11.6 Å². The molecule has 0 aliphatic carbocycles. The third-order valence-electron chi connectivity index (χ3n) is 2.29. The van der Waals surface area contributed by atoms with E-state index in [1.165, 1.54) is 0 Å². The van der Waals surface area contributed by atoms with Gasteiger partial charge in [0.15, 0.2) is 0 Å². The highest BCUT2D eigenvalue weighted by Crippen LogP contribution is 2.15. The molecule has 0 atom stereocenters. The summed E-state index contributed by atoms with van der Waals surface area (Å²) in [5, 5.41) is 5.79. The molecule has 0 spiro atoms. The largest absolute Gasteiger partial charge is 0.326 e. The zero-order valence-electron chi connectivity index (χ0n) is 10.6. The molecule has 0 aliphatic rings. The zero-order chi connectivity index (χ0) is 13.8. The Kier molecular flexibility index (Phi) is 3.97. The number of aryl methyl sites for hydroxylation is 2. The summed E-state index contributed by atoms with van der Waals surface area (Å²) < 4.78 is 0. The van der Waals surface area contributed by atoms with Crippen LogP contribution in [0, 0.1) is 13.8 Å². The van der Waals surface area contributed by atoms with E-state index < -0.39 is 6.03 Å². The number of hydrogen-bond donors (Lipinski definition) is 2. The highest BCUT2D eigenvalue weighted by molar-refractivity contribution is 6.30. The van der Waals surface area contributed by atoms with E-state index in [-0.39, 0.29) is 5.95 Å². The van der Waals surface area contributed by atoms with E-state index in [0.29, 0.717) is 10.7 Å². The van der Waals surface area contributed by atoms with Crippen molar-refractivity contribution in [3.8, 4) is 0 Å². The zero-order valence-corrected chi connectivity index (χ0v) is 11.3. The highest BCUT2D eigenvalue weighted by Gasteiger charge is 2.06. The molecule has 2 amide bonds. The SMILES string of the molecule is Cc1cc(C)nc(NC(=O)Nc2cccc(Cl)c2)n1. The molecule has 6 heteroatoms. The first-order valence-corrected chi connectivity index (χ1v) is 6.06. The Labute approximate surface area is 116 Å². The van der Waals surface area contributed by atoms with E-state index in [2.05, 4.69) is 20.6 Å². The van der Waals surface area contributed by atoms with Crippen LogP contribution in [0.2, 0.25) is 5.02 Å². The predicted octanol–water partition coefficient (Wildman–Crippen LogP) is 3.39. The average Bonchev–Trinajstić information content (AvgIpc) is 2.26. The molecule has 0 fully saturated rings. The lowest BCUT2D eigenvalue weighted by atomic mass is 10.3. The topological polar surface area (TPSA) is 66.9 Å². The minimum absolute atomic E-state index is 0.275. The summed E-state index contributed by atoms with van der Waals surface area (Å²) in [6.45, 7) is 3.68. The van der Waals surface area contributed by atoms with Crippen LogP contribution >= 0.6 is 11.6 Å². The third-order valence-corrected chi connectivity index (χ3v) is 2.53. The molecule has 1 heterocycles. The smallest absolute Gasteiger partial charge is 0.308 e. The Morgan fingerprint density at radius 2 is 1.79 bits per heavy atom. The Morgan fingerprint density at radius 3 is 2.42 bits per heavy atom. The Bertz CT molecular complexity index is 595. The first-order chi connectivity index (χ1) is 9.02.